The van der Waals surface area contributed by atoms with Crippen molar-refractivity contribution in [1.29, 1.82) is 0 Å². The van der Waals surface area contributed by atoms with Gasteiger partial charge in [-0.15, -0.1) is 49.6 Å². The second-order valence-electron chi connectivity index (χ2n) is 3.14. The molecule has 4 nitrogen and oxygen atoms in total. The maximum absolute atomic E-state index is 5.36. The molecular weight excluding hydrogens is 306 g/mol. The second-order valence-corrected chi connectivity index (χ2v) is 3.14. The first-order valence-electron chi connectivity index (χ1n) is 5.23. The van der Waals surface area contributed by atoms with Gasteiger partial charge < -0.3 is 22.1 Å². The lowest BCUT2D eigenvalue weighted by atomic mass is 10.3. The average molecular weight is 334 g/mol. The van der Waals surface area contributed by atoms with Gasteiger partial charge in [0.25, 0.3) is 0 Å². The van der Waals surface area contributed by atoms with Crippen LogP contribution in [-0.4, -0.2) is 39.3 Å². The molecule has 6 N–H and O–H groups in total. The molecule has 0 aromatic heterocycles. The van der Waals surface area contributed by atoms with E-state index < -0.39 is 0 Å². The molecule has 0 spiro atoms. The molecule has 112 valence electrons. The van der Waals surface area contributed by atoms with Crippen LogP contribution in [0, 0.1) is 0 Å². The van der Waals surface area contributed by atoms with E-state index in [4.69, 9.17) is 11.5 Å². The number of nitrogens with one attached hydrogen (secondary N) is 2. The Morgan fingerprint density at radius 3 is 1.12 bits per heavy atom. The molecule has 0 saturated heterocycles. The SMILES string of the molecule is Cl.Cl.Cl.Cl.NCCCNCCCNCCCN. The van der Waals surface area contributed by atoms with Crippen LogP contribution in [0.2, 0.25) is 0 Å². The molecule has 0 fully saturated rings. The first-order chi connectivity index (χ1) is 6.41. The van der Waals surface area contributed by atoms with Crippen LogP contribution in [0.4, 0.5) is 0 Å². The fourth-order valence-corrected chi connectivity index (χ4v) is 1.04. The van der Waals surface area contributed by atoms with Gasteiger partial charge in [-0.25, -0.2) is 0 Å². The normalized spacial score (nSPS) is 8.12. The third-order valence-corrected chi connectivity index (χ3v) is 1.82. The molecule has 8 heteroatoms. The maximum Gasteiger partial charge on any atom is -0.00368 e. The van der Waals surface area contributed by atoms with Crippen LogP contribution >= 0.6 is 49.6 Å². The molecule has 0 saturated carbocycles. The van der Waals surface area contributed by atoms with Crippen molar-refractivity contribution in [1.82, 2.24) is 10.6 Å². The number of hydrogen-bond acceptors (Lipinski definition) is 4. The van der Waals surface area contributed by atoms with E-state index in [1.54, 1.807) is 0 Å². The molecule has 17 heavy (non-hydrogen) atoms. The highest BCUT2D eigenvalue weighted by atomic mass is 35.5. The molecule has 0 atom stereocenters. The quantitative estimate of drug-likeness (QED) is 0.449. The Bertz CT molecular complexity index is 91.1. The zero-order valence-electron chi connectivity index (χ0n) is 10.2. The Hall–Kier alpha value is 1.000. The van der Waals surface area contributed by atoms with Crippen molar-refractivity contribution in [3.8, 4) is 0 Å². The number of rotatable bonds is 10. The van der Waals surface area contributed by atoms with Crippen molar-refractivity contribution in [2.75, 3.05) is 39.3 Å². The maximum atomic E-state index is 5.36. The van der Waals surface area contributed by atoms with Crippen molar-refractivity contribution < 1.29 is 0 Å². The topological polar surface area (TPSA) is 76.1 Å². The smallest absolute Gasteiger partial charge is 0.00368 e. The monoisotopic (exact) mass is 332 g/mol. The molecular formula is C9H28Cl4N4. The lowest BCUT2D eigenvalue weighted by Gasteiger charge is -2.04. The summed E-state index contributed by atoms with van der Waals surface area (Å²) in [5, 5.41) is 6.67. The molecule has 0 rings (SSSR count). The third kappa shape index (κ3) is 31.6. The van der Waals surface area contributed by atoms with Crippen LogP contribution < -0.4 is 22.1 Å². The Labute approximate surface area is 130 Å². The minimum atomic E-state index is 0. The summed E-state index contributed by atoms with van der Waals surface area (Å²) in [6.07, 6.45) is 3.32. The van der Waals surface area contributed by atoms with Crippen LogP contribution in [-0.2, 0) is 0 Å². The zero-order chi connectivity index (χ0) is 9.78. The summed E-state index contributed by atoms with van der Waals surface area (Å²) in [7, 11) is 0. The fourth-order valence-electron chi connectivity index (χ4n) is 1.04. The van der Waals surface area contributed by atoms with Gasteiger partial charge in [0.2, 0.25) is 0 Å². The molecule has 0 aliphatic carbocycles. The van der Waals surface area contributed by atoms with Crippen LogP contribution in [0.25, 0.3) is 0 Å². The number of nitrogens with two attached hydrogens (primary N) is 2. The van der Waals surface area contributed by atoms with Crippen molar-refractivity contribution in [3.05, 3.63) is 0 Å². The molecule has 0 aromatic carbocycles. The van der Waals surface area contributed by atoms with E-state index in [0.29, 0.717) is 0 Å². The average Bonchev–Trinajstić information content (AvgIpc) is 2.16. The van der Waals surface area contributed by atoms with Gasteiger partial charge in [-0.3, -0.25) is 0 Å². The summed E-state index contributed by atoms with van der Waals surface area (Å²) >= 11 is 0. The number of hydrogen-bond donors (Lipinski definition) is 4. The molecule has 0 bridgehead atoms. The molecule has 0 heterocycles. The zero-order valence-corrected chi connectivity index (χ0v) is 13.4. The van der Waals surface area contributed by atoms with Crippen LogP contribution in [0.5, 0.6) is 0 Å². The summed E-state index contributed by atoms with van der Waals surface area (Å²) in [4.78, 5) is 0. The van der Waals surface area contributed by atoms with E-state index in [1.807, 2.05) is 0 Å². The summed E-state index contributed by atoms with van der Waals surface area (Å²) in [6, 6.07) is 0. The molecule has 0 unspecified atom stereocenters. The summed E-state index contributed by atoms with van der Waals surface area (Å²) in [5.41, 5.74) is 10.7. The molecule has 0 aliphatic heterocycles. The van der Waals surface area contributed by atoms with Crippen molar-refractivity contribution >= 4 is 49.6 Å². The predicted molar refractivity (Wildman–Crippen MR) is 86.7 cm³/mol. The highest BCUT2D eigenvalue weighted by Gasteiger charge is 1.88. The van der Waals surface area contributed by atoms with E-state index in [1.165, 1.54) is 6.42 Å². The van der Waals surface area contributed by atoms with E-state index in [2.05, 4.69) is 10.6 Å². The fraction of sp³-hybridized carbons (Fsp3) is 1.00. The van der Waals surface area contributed by atoms with E-state index in [0.717, 1.165) is 52.1 Å². The van der Waals surface area contributed by atoms with Gasteiger partial charge in [-0.2, -0.15) is 0 Å². The summed E-state index contributed by atoms with van der Waals surface area (Å²) < 4.78 is 0. The summed E-state index contributed by atoms with van der Waals surface area (Å²) in [5.74, 6) is 0. The van der Waals surface area contributed by atoms with Gasteiger partial charge in [0.15, 0.2) is 0 Å². The van der Waals surface area contributed by atoms with Crippen LogP contribution in [0.15, 0.2) is 0 Å². The summed E-state index contributed by atoms with van der Waals surface area (Å²) in [6.45, 7) is 5.80. The number of halogens is 4. The van der Waals surface area contributed by atoms with Gasteiger partial charge in [0, 0.05) is 0 Å². The Kier molecular flexibility index (Phi) is 54.7. The first kappa shape index (κ1) is 30.8. The van der Waals surface area contributed by atoms with E-state index in [9.17, 15) is 0 Å². The lowest BCUT2D eigenvalue weighted by Crippen LogP contribution is -2.25. The Balaban J connectivity index is -0.000000120. The van der Waals surface area contributed by atoms with Crippen molar-refractivity contribution in [2.24, 2.45) is 11.5 Å². The Morgan fingerprint density at radius 1 is 0.529 bits per heavy atom. The molecule has 0 radical (unpaired) electrons. The largest absolute Gasteiger partial charge is 0.330 e. The highest BCUT2D eigenvalue weighted by Crippen LogP contribution is 1.76. The molecule has 0 aromatic rings. The lowest BCUT2D eigenvalue weighted by molar-refractivity contribution is 0.579. The minimum Gasteiger partial charge on any atom is -0.330 e. The van der Waals surface area contributed by atoms with E-state index >= 15 is 0 Å². The minimum absolute atomic E-state index is 0. The van der Waals surface area contributed by atoms with Crippen molar-refractivity contribution in [2.45, 2.75) is 19.3 Å². The van der Waals surface area contributed by atoms with Gasteiger partial charge in [0.05, 0.1) is 0 Å². The van der Waals surface area contributed by atoms with E-state index in [-0.39, 0.29) is 49.6 Å². The van der Waals surface area contributed by atoms with Gasteiger partial charge in [0.1, 0.15) is 0 Å². The van der Waals surface area contributed by atoms with Gasteiger partial charge >= 0.3 is 0 Å². The third-order valence-electron chi connectivity index (χ3n) is 1.82. The molecule has 0 aliphatic rings. The standard InChI is InChI=1S/C9H24N4.4ClH/c10-4-1-6-12-8-3-9-13-7-2-5-11;;;;/h12-13H,1-11H2;4*1H. The first-order valence-corrected chi connectivity index (χ1v) is 5.23. The predicted octanol–water partition coefficient (Wildman–Crippen LogP) is 0.940. The highest BCUT2D eigenvalue weighted by molar-refractivity contribution is 5.86. The van der Waals surface area contributed by atoms with Gasteiger partial charge in [-0.1, -0.05) is 0 Å². The second kappa shape index (κ2) is 30.2. The van der Waals surface area contributed by atoms with Gasteiger partial charge in [-0.05, 0) is 58.5 Å². The van der Waals surface area contributed by atoms with Crippen molar-refractivity contribution in [3.63, 3.8) is 0 Å². The Morgan fingerprint density at radius 2 is 0.824 bits per heavy atom. The van der Waals surface area contributed by atoms with Crippen LogP contribution in [0.1, 0.15) is 19.3 Å². The van der Waals surface area contributed by atoms with Crippen LogP contribution in [0.3, 0.4) is 0 Å². The molecule has 0 amide bonds.